The Morgan fingerprint density at radius 3 is 1.81 bits per heavy atom. The molecule has 2 aromatic carbocycles. The molecule has 89 heavy (non-hydrogen) atoms. The molecule has 3 aromatic rings. The van der Waals surface area contributed by atoms with Crippen molar-refractivity contribution in [2.24, 2.45) is 5.92 Å². The number of fused-ring (bicyclic) bond motifs is 1. The van der Waals surface area contributed by atoms with E-state index < -0.39 is 121 Å². The van der Waals surface area contributed by atoms with Crippen LogP contribution in [0.3, 0.4) is 0 Å². The van der Waals surface area contributed by atoms with Gasteiger partial charge < -0.3 is 45.8 Å². The maximum Gasteiger partial charge on any atom is 0.323 e. The Labute approximate surface area is 516 Å². The maximum absolute atomic E-state index is 13.6. The molecule has 490 valence electrons. The lowest BCUT2D eigenvalue weighted by Crippen LogP contribution is -2.52. The molecule has 0 bridgehead atoms. The minimum Gasteiger partial charge on any atom is -0.494 e. The summed E-state index contributed by atoms with van der Waals surface area (Å²) < 4.78 is 102. The predicted octanol–water partition coefficient (Wildman–Crippen LogP) is -2.16. The van der Waals surface area contributed by atoms with Gasteiger partial charge in [-0.2, -0.15) is 21.6 Å². The lowest BCUT2D eigenvalue weighted by atomic mass is 9.95. The van der Waals surface area contributed by atoms with Gasteiger partial charge in [0.2, 0.25) is 27.7 Å². The van der Waals surface area contributed by atoms with E-state index in [0.717, 1.165) is 54.8 Å². The number of hydrogen-bond donors (Lipinski definition) is 9. The van der Waals surface area contributed by atoms with Gasteiger partial charge in [0.25, 0.3) is 26.1 Å². The number of nitrogens with zero attached hydrogens (tertiary/aromatic N) is 5. The number of sulfonamides is 1. The summed E-state index contributed by atoms with van der Waals surface area (Å²) >= 11 is 0. The second kappa shape index (κ2) is 35.8. The van der Waals surface area contributed by atoms with Gasteiger partial charge in [-0.1, -0.05) is 18.2 Å². The summed E-state index contributed by atoms with van der Waals surface area (Å²) in [5, 5.41) is 28.8. The van der Waals surface area contributed by atoms with E-state index in [1.807, 2.05) is 6.07 Å². The van der Waals surface area contributed by atoms with Crippen molar-refractivity contribution in [3.8, 4) is 5.75 Å². The lowest BCUT2D eigenvalue weighted by molar-refractivity contribution is -0.139. The third-order valence-electron chi connectivity index (χ3n) is 14.5. The van der Waals surface area contributed by atoms with Gasteiger partial charge in [-0.15, -0.1) is 0 Å². The fraction of sp³-hybridized carbons (Fsp3) is 0.536. The monoisotopic (exact) mass is 1310 g/mol. The molecule has 0 radical (unpaired) electrons. The number of carboxylic acid groups (broad SMARTS) is 2. The summed E-state index contributed by atoms with van der Waals surface area (Å²) in [6.45, 7) is -0.362. The number of carbonyl (C=O) groups excluding carboxylic acids is 7. The fourth-order valence-corrected chi connectivity index (χ4v) is 12.4. The van der Waals surface area contributed by atoms with Crippen molar-refractivity contribution < 1.29 is 92.5 Å². The highest BCUT2D eigenvalue weighted by Gasteiger charge is 2.34. The number of Topliss-reactive ketones (excluding diaryl/α,β-unsaturated/α-hetero) is 1. The van der Waals surface area contributed by atoms with Crippen LogP contribution in [0, 0.1) is 5.92 Å². The first-order valence-corrected chi connectivity index (χ1v) is 33.5. The first-order chi connectivity index (χ1) is 42.2. The van der Waals surface area contributed by atoms with E-state index in [2.05, 4.69) is 32.1 Å². The van der Waals surface area contributed by atoms with Crippen LogP contribution in [0.5, 0.6) is 5.75 Å². The molecule has 0 saturated carbocycles. The van der Waals surface area contributed by atoms with E-state index in [1.54, 1.807) is 43.9 Å². The number of aliphatic carboxylic acids is 2. The van der Waals surface area contributed by atoms with Gasteiger partial charge in [0, 0.05) is 102 Å². The molecule has 1 fully saturated rings. The number of rotatable bonds is 35. The van der Waals surface area contributed by atoms with Crippen molar-refractivity contribution in [1.82, 2.24) is 50.6 Å². The fourth-order valence-electron chi connectivity index (χ4n) is 9.75. The average Bonchev–Trinajstić information content (AvgIpc) is 3.35. The van der Waals surface area contributed by atoms with Crippen molar-refractivity contribution in [2.45, 2.75) is 74.8 Å². The molecule has 2 aliphatic rings. The quantitative estimate of drug-likeness (QED) is 0.0172. The lowest BCUT2D eigenvalue weighted by Gasteiger charge is -2.32. The first kappa shape index (κ1) is 72.5. The Bertz CT molecular complexity index is 3270. The summed E-state index contributed by atoms with van der Waals surface area (Å²) in [5.74, 6) is -11.5. The van der Waals surface area contributed by atoms with Gasteiger partial charge in [0.05, 0.1) is 49.4 Å². The highest BCUT2D eigenvalue weighted by Crippen LogP contribution is 2.21. The standard InChI is InChI=1S/C56H78N10O20S3/c67-31-29-63-21-22-64(30-32-68)24-26-66(37-53(72)73)28-27-65(25-23-63)36-52(71)61-49(39-88(81,82)83)50(69)34-43(38-87(78,79)80)55(75)58-20-19-57-51(70)6-3-33-86-45-15-17-46(18-16-45)89(84,85)62-48(56(76)77)35-59-54(74)42-10-7-40(8-11-42)9-13-44-14-12-41-4-1-2-5-47(41)60-44/h7-8,10-12,14-18,31-32,43,48-49,62H,1-6,9,13,19-30,33-39H2,(H,57,70)(H,58,75)(H,59,74)(H,61,71)(H,72,73)(H,76,77)(H,78,79,80)(H,81,82,83)/t43-,48?,49-/m0/s1. The molecular formula is C56H78N10O20S3. The minimum absolute atomic E-state index is 0.00333. The first-order valence-electron chi connectivity index (χ1n) is 28.8. The zero-order valence-corrected chi connectivity index (χ0v) is 51.5. The van der Waals surface area contributed by atoms with E-state index in [0.29, 0.717) is 38.6 Å². The van der Waals surface area contributed by atoms with Crippen molar-refractivity contribution in [2.75, 3.05) is 116 Å². The summed E-state index contributed by atoms with van der Waals surface area (Å²) in [5.41, 5.74) is 4.67. The third kappa shape index (κ3) is 27.2. The number of pyridine rings is 1. The van der Waals surface area contributed by atoms with Crippen molar-refractivity contribution in [1.29, 1.82) is 0 Å². The van der Waals surface area contributed by atoms with E-state index in [4.69, 9.17) is 9.72 Å². The Morgan fingerprint density at radius 2 is 1.22 bits per heavy atom. The van der Waals surface area contributed by atoms with Gasteiger partial charge in [-0.05, 0) is 98.5 Å². The molecule has 1 saturated heterocycles. The van der Waals surface area contributed by atoms with E-state index >= 15 is 0 Å². The summed E-state index contributed by atoms with van der Waals surface area (Å²) in [6.07, 6.45) is 6.07. The van der Waals surface area contributed by atoms with Crippen molar-refractivity contribution >= 4 is 84.2 Å². The van der Waals surface area contributed by atoms with Crippen molar-refractivity contribution in [3.05, 3.63) is 88.7 Å². The third-order valence-corrected chi connectivity index (χ3v) is 17.6. The van der Waals surface area contributed by atoms with E-state index in [1.165, 1.54) is 24.1 Å². The second-order valence-electron chi connectivity index (χ2n) is 21.5. The SMILES string of the molecule is O=CCN1CCN(CC=O)CCN(CC(=O)N[C@@H](CS(=O)(=O)O)C(=O)C[C@@H](CS(=O)(=O)O)C(=O)NCCNC(=O)CCCOc2ccc(S(=O)(=O)NC(CNC(=O)c3ccc(CCc4ccc5c(n4)CCCC5)cc3)C(=O)O)cc2)CCN(CC(=O)O)CC1. The molecule has 4 amide bonds. The second-order valence-corrected chi connectivity index (χ2v) is 26.2. The number of aryl methyl sites for hydroxylation is 4. The van der Waals surface area contributed by atoms with Crippen LogP contribution in [0.1, 0.15) is 65.0 Å². The number of carboxylic acids is 2. The summed E-state index contributed by atoms with van der Waals surface area (Å²) in [4.78, 5) is 124. The topological polar surface area (TPSA) is 432 Å². The van der Waals surface area contributed by atoms with E-state index in [-0.39, 0.29) is 101 Å². The molecule has 5 rings (SSSR count). The maximum atomic E-state index is 13.6. The smallest absolute Gasteiger partial charge is 0.323 e. The normalized spacial score (nSPS) is 16.2. The number of amides is 4. The van der Waals surface area contributed by atoms with Gasteiger partial charge in [0.15, 0.2) is 5.78 Å². The van der Waals surface area contributed by atoms with Crippen LogP contribution in [0.4, 0.5) is 0 Å². The highest BCUT2D eigenvalue weighted by molar-refractivity contribution is 7.89. The van der Waals surface area contributed by atoms with Crippen LogP contribution in [-0.2, 0) is 94.3 Å². The molecule has 30 nitrogen and oxygen atoms in total. The van der Waals surface area contributed by atoms with Crippen LogP contribution in [-0.4, -0.2) is 251 Å². The van der Waals surface area contributed by atoms with E-state index in [9.17, 15) is 87.7 Å². The molecule has 1 aliphatic carbocycles. The predicted molar refractivity (Wildman–Crippen MR) is 319 cm³/mol. The molecule has 1 aliphatic heterocycles. The number of nitrogens with one attached hydrogen (secondary N) is 5. The summed E-state index contributed by atoms with van der Waals surface area (Å²) in [6, 6.07) is 12.1. The Kier molecular flexibility index (Phi) is 29.2. The number of benzene rings is 2. The van der Waals surface area contributed by atoms with Gasteiger partial charge in [-0.3, -0.25) is 67.3 Å². The molecule has 2 heterocycles. The number of aromatic nitrogens is 1. The zero-order valence-electron chi connectivity index (χ0n) is 49.0. The van der Waals surface area contributed by atoms with Crippen LogP contribution in [0.2, 0.25) is 0 Å². The number of ketones is 1. The van der Waals surface area contributed by atoms with Gasteiger partial charge in [-0.25, -0.2) is 8.42 Å². The number of carbonyl (C=O) groups is 9. The molecule has 0 spiro atoms. The minimum atomic E-state index is -5.02. The van der Waals surface area contributed by atoms with Crippen LogP contribution >= 0.6 is 0 Å². The van der Waals surface area contributed by atoms with Gasteiger partial charge in [0.1, 0.15) is 36.2 Å². The molecule has 3 atom stereocenters. The number of hydrogen-bond acceptors (Lipinski definition) is 21. The molecule has 33 heteroatoms. The Morgan fingerprint density at radius 1 is 0.640 bits per heavy atom. The van der Waals surface area contributed by atoms with Crippen LogP contribution in [0.15, 0.2) is 65.6 Å². The average molecular weight is 1310 g/mol. The highest BCUT2D eigenvalue weighted by atomic mass is 32.2. The number of ether oxygens (including phenoxy) is 1. The Balaban J connectivity index is 1.04. The van der Waals surface area contributed by atoms with Gasteiger partial charge >= 0.3 is 11.9 Å². The van der Waals surface area contributed by atoms with Crippen LogP contribution in [0.25, 0.3) is 0 Å². The number of aldehydes is 2. The summed E-state index contributed by atoms with van der Waals surface area (Å²) in [7, 11) is -14.4. The molecule has 1 unspecified atom stereocenters. The molecule has 1 aromatic heterocycles. The van der Waals surface area contributed by atoms with Crippen molar-refractivity contribution in [3.63, 3.8) is 0 Å². The molecular weight excluding hydrogens is 1230 g/mol. The molecule has 9 N–H and O–H groups in total. The zero-order chi connectivity index (χ0) is 65.2. The largest absolute Gasteiger partial charge is 0.494 e. The Hall–Kier alpha value is -7.21. The van der Waals surface area contributed by atoms with Crippen LogP contribution < -0.4 is 30.7 Å².